The first kappa shape index (κ1) is 16.3. The van der Waals surface area contributed by atoms with Gasteiger partial charge in [0.2, 0.25) is 0 Å². The molecule has 1 rings (SSSR count). The Balaban J connectivity index is 2.76. The van der Waals surface area contributed by atoms with E-state index in [1.165, 1.54) is 12.1 Å². The third kappa shape index (κ3) is 5.01. The molecule has 0 saturated carbocycles. The number of quaternary nitrogens is 1. The van der Waals surface area contributed by atoms with E-state index in [1.54, 1.807) is 0 Å². The van der Waals surface area contributed by atoms with Gasteiger partial charge in [0.25, 0.3) is 0 Å². The van der Waals surface area contributed by atoms with Gasteiger partial charge in [-0.15, -0.1) is 11.6 Å². The molecule has 0 aromatic heterocycles. The van der Waals surface area contributed by atoms with Gasteiger partial charge >= 0.3 is 6.18 Å². The Hall–Kier alpha value is -0.780. The molecule has 6 heteroatoms. The average Bonchev–Trinajstić information content (AvgIpc) is 2.27. The molecule has 2 N–H and O–H groups in total. The fourth-order valence-corrected chi connectivity index (χ4v) is 2.38. The summed E-state index contributed by atoms with van der Waals surface area (Å²) in [6.45, 7) is 1.93. The SMILES string of the molecule is C[N+](C)(CCN)CC(Cl)c1ccc(C(F)(F)F)cc1. The van der Waals surface area contributed by atoms with Crippen molar-refractivity contribution in [2.24, 2.45) is 5.73 Å². The van der Waals surface area contributed by atoms with E-state index in [4.69, 9.17) is 17.3 Å². The van der Waals surface area contributed by atoms with Crippen molar-refractivity contribution in [2.75, 3.05) is 33.7 Å². The molecule has 0 aliphatic heterocycles. The minimum absolute atomic E-state index is 0.330. The molecule has 0 spiro atoms. The predicted molar refractivity (Wildman–Crippen MR) is 70.9 cm³/mol. The van der Waals surface area contributed by atoms with Crippen LogP contribution in [0.1, 0.15) is 16.5 Å². The quantitative estimate of drug-likeness (QED) is 0.656. The molecule has 0 radical (unpaired) electrons. The van der Waals surface area contributed by atoms with Crippen LogP contribution >= 0.6 is 11.6 Å². The van der Waals surface area contributed by atoms with Gasteiger partial charge in [0.1, 0.15) is 5.38 Å². The van der Waals surface area contributed by atoms with Crippen molar-refractivity contribution in [1.29, 1.82) is 0 Å². The van der Waals surface area contributed by atoms with Crippen molar-refractivity contribution < 1.29 is 17.7 Å². The molecule has 1 aromatic rings. The van der Waals surface area contributed by atoms with Gasteiger partial charge < -0.3 is 10.2 Å². The summed E-state index contributed by atoms with van der Waals surface area (Å²) in [5, 5.41) is -0.330. The Morgan fingerprint density at radius 1 is 1.21 bits per heavy atom. The van der Waals surface area contributed by atoms with Crippen LogP contribution in [-0.2, 0) is 6.18 Å². The number of halogens is 4. The van der Waals surface area contributed by atoms with Gasteiger partial charge in [0, 0.05) is 6.54 Å². The second-order valence-electron chi connectivity index (χ2n) is 5.22. The first-order valence-corrected chi connectivity index (χ1v) is 6.43. The molecule has 0 aliphatic carbocycles. The number of rotatable bonds is 5. The van der Waals surface area contributed by atoms with Crippen molar-refractivity contribution >= 4 is 11.6 Å². The second kappa shape index (κ2) is 6.11. The normalized spacial score (nSPS) is 14.5. The maximum Gasteiger partial charge on any atom is 0.416 e. The highest BCUT2D eigenvalue weighted by atomic mass is 35.5. The third-order valence-electron chi connectivity index (χ3n) is 2.99. The predicted octanol–water partition coefficient (Wildman–Crippen LogP) is 3.02. The van der Waals surface area contributed by atoms with Crippen LogP contribution in [0.4, 0.5) is 13.2 Å². The summed E-state index contributed by atoms with van der Waals surface area (Å²) in [6, 6.07) is 4.99. The lowest BCUT2D eigenvalue weighted by Gasteiger charge is -2.31. The largest absolute Gasteiger partial charge is 0.416 e. The number of hydrogen-bond donors (Lipinski definition) is 1. The number of alkyl halides is 4. The Morgan fingerprint density at radius 2 is 1.74 bits per heavy atom. The average molecular weight is 296 g/mol. The summed E-state index contributed by atoms with van der Waals surface area (Å²) in [5.74, 6) is 0. The van der Waals surface area contributed by atoms with Crippen LogP contribution in [0.2, 0.25) is 0 Å². The van der Waals surface area contributed by atoms with E-state index in [9.17, 15) is 13.2 Å². The van der Waals surface area contributed by atoms with E-state index >= 15 is 0 Å². The van der Waals surface area contributed by atoms with Gasteiger partial charge in [-0.3, -0.25) is 0 Å². The van der Waals surface area contributed by atoms with E-state index in [-0.39, 0.29) is 5.38 Å². The molecule has 2 nitrogen and oxygen atoms in total. The summed E-state index contributed by atoms with van der Waals surface area (Å²) in [5.41, 5.74) is 5.55. The standard InChI is InChI=1S/C13H19ClF3N2/c1-19(2,8-7-18)9-12(14)10-3-5-11(6-4-10)13(15,16)17/h3-6,12H,7-9,18H2,1-2H3/q+1. The smallest absolute Gasteiger partial charge is 0.326 e. The number of likely N-dealkylation sites (N-methyl/N-ethyl adjacent to an activating group) is 1. The number of nitrogens with two attached hydrogens (primary N) is 1. The van der Waals surface area contributed by atoms with E-state index in [2.05, 4.69) is 0 Å². The lowest BCUT2D eigenvalue weighted by molar-refractivity contribution is -0.889. The van der Waals surface area contributed by atoms with Crippen LogP contribution in [-0.4, -0.2) is 38.2 Å². The van der Waals surface area contributed by atoms with Crippen LogP contribution in [0, 0.1) is 0 Å². The third-order valence-corrected chi connectivity index (χ3v) is 3.38. The summed E-state index contributed by atoms with van der Waals surface area (Å²) >= 11 is 6.26. The molecular formula is C13H19ClF3N2+. The fraction of sp³-hybridized carbons (Fsp3) is 0.538. The second-order valence-corrected chi connectivity index (χ2v) is 5.74. The number of nitrogens with zero attached hydrogens (tertiary/aromatic N) is 1. The number of hydrogen-bond acceptors (Lipinski definition) is 1. The molecule has 0 fully saturated rings. The van der Waals surface area contributed by atoms with E-state index < -0.39 is 11.7 Å². The van der Waals surface area contributed by atoms with Crippen LogP contribution in [0.25, 0.3) is 0 Å². The van der Waals surface area contributed by atoms with E-state index in [1.807, 2.05) is 14.1 Å². The fourth-order valence-electron chi connectivity index (χ4n) is 1.86. The summed E-state index contributed by atoms with van der Waals surface area (Å²) < 4.78 is 38.0. The van der Waals surface area contributed by atoms with Gasteiger partial charge in [-0.05, 0) is 17.7 Å². The van der Waals surface area contributed by atoms with E-state index in [0.29, 0.717) is 23.1 Å². The van der Waals surface area contributed by atoms with Gasteiger partial charge in [-0.25, -0.2) is 0 Å². The highest BCUT2D eigenvalue weighted by Gasteiger charge is 2.30. The molecule has 0 saturated heterocycles. The zero-order valence-electron chi connectivity index (χ0n) is 11.0. The Bertz CT molecular complexity index is 401. The van der Waals surface area contributed by atoms with Gasteiger partial charge in [0.05, 0.1) is 32.7 Å². The van der Waals surface area contributed by atoms with E-state index in [0.717, 1.165) is 18.7 Å². The monoisotopic (exact) mass is 295 g/mol. The molecular weight excluding hydrogens is 277 g/mol. The summed E-state index contributed by atoms with van der Waals surface area (Å²) in [7, 11) is 3.98. The molecule has 0 bridgehead atoms. The zero-order chi connectivity index (χ0) is 14.7. The highest BCUT2D eigenvalue weighted by Crippen LogP contribution is 2.31. The van der Waals surface area contributed by atoms with Gasteiger partial charge in [-0.1, -0.05) is 12.1 Å². The van der Waals surface area contributed by atoms with Crippen molar-refractivity contribution in [3.05, 3.63) is 35.4 Å². The zero-order valence-corrected chi connectivity index (χ0v) is 11.8. The summed E-state index contributed by atoms with van der Waals surface area (Å²) in [4.78, 5) is 0. The van der Waals surface area contributed by atoms with Crippen molar-refractivity contribution in [3.63, 3.8) is 0 Å². The topological polar surface area (TPSA) is 26.0 Å². The van der Waals surface area contributed by atoms with Crippen LogP contribution in [0.5, 0.6) is 0 Å². The highest BCUT2D eigenvalue weighted by molar-refractivity contribution is 6.20. The molecule has 0 aliphatic rings. The van der Waals surface area contributed by atoms with Gasteiger partial charge in [0.15, 0.2) is 0 Å². The maximum absolute atomic E-state index is 12.4. The minimum atomic E-state index is -4.31. The van der Waals surface area contributed by atoms with Crippen molar-refractivity contribution in [2.45, 2.75) is 11.6 Å². The first-order valence-electron chi connectivity index (χ1n) is 5.99. The molecule has 1 atom stereocenters. The molecule has 0 amide bonds. The minimum Gasteiger partial charge on any atom is -0.326 e. The molecule has 0 heterocycles. The van der Waals surface area contributed by atoms with Gasteiger partial charge in [-0.2, -0.15) is 13.2 Å². The molecule has 1 unspecified atom stereocenters. The first-order chi connectivity index (χ1) is 8.65. The van der Waals surface area contributed by atoms with Crippen molar-refractivity contribution in [3.8, 4) is 0 Å². The lowest BCUT2D eigenvalue weighted by Crippen LogP contribution is -2.45. The maximum atomic E-state index is 12.4. The Labute approximate surface area is 116 Å². The summed E-state index contributed by atoms with van der Waals surface area (Å²) in [6.07, 6.45) is -4.31. The van der Waals surface area contributed by atoms with Crippen LogP contribution < -0.4 is 5.73 Å². The lowest BCUT2D eigenvalue weighted by atomic mass is 10.1. The van der Waals surface area contributed by atoms with Crippen LogP contribution in [0.15, 0.2) is 24.3 Å². The Morgan fingerprint density at radius 3 is 2.16 bits per heavy atom. The van der Waals surface area contributed by atoms with Crippen LogP contribution in [0.3, 0.4) is 0 Å². The van der Waals surface area contributed by atoms with Crippen molar-refractivity contribution in [1.82, 2.24) is 0 Å². The molecule has 108 valence electrons. The molecule has 19 heavy (non-hydrogen) atoms. The Kier molecular flexibility index (Phi) is 5.24. The molecule has 1 aromatic carbocycles. The number of benzene rings is 1.